The first kappa shape index (κ1) is 13.6. The standard InChI is InChI=1S/C14H18BrNO2/c1-2-16-5-3-13(17)9-11-8-12(15)7-10-4-6-18-14(10)11/h7-8,16H,2-6,9H2,1H3. The van der Waals surface area contributed by atoms with Crippen LogP contribution in [-0.4, -0.2) is 25.5 Å². The molecule has 0 bridgehead atoms. The van der Waals surface area contributed by atoms with Gasteiger partial charge in [0.1, 0.15) is 11.5 Å². The summed E-state index contributed by atoms with van der Waals surface area (Å²) >= 11 is 3.49. The van der Waals surface area contributed by atoms with Crippen LogP contribution in [0.25, 0.3) is 0 Å². The number of benzene rings is 1. The summed E-state index contributed by atoms with van der Waals surface area (Å²) in [6.45, 7) is 4.43. The maximum atomic E-state index is 11.9. The van der Waals surface area contributed by atoms with Gasteiger partial charge in [-0.1, -0.05) is 22.9 Å². The Morgan fingerprint density at radius 2 is 2.33 bits per heavy atom. The van der Waals surface area contributed by atoms with Crippen molar-refractivity contribution in [3.8, 4) is 5.75 Å². The molecular weight excluding hydrogens is 294 g/mol. The van der Waals surface area contributed by atoms with Crippen LogP contribution in [0, 0.1) is 0 Å². The second-order valence-electron chi connectivity index (χ2n) is 4.47. The molecule has 0 fully saturated rings. The van der Waals surface area contributed by atoms with E-state index in [4.69, 9.17) is 4.74 Å². The van der Waals surface area contributed by atoms with Gasteiger partial charge in [-0.25, -0.2) is 0 Å². The van der Waals surface area contributed by atoms with E-state index in [1.54, 1.807) is 0 Å². The van der Waals surface area contributed by atoms with Gasteiger partial charge in [0, 0.05) is 35.8 Å². The molecule has 98 valence electrons. The van der Waals surface area contributed by atoms with Crippen LogP contribution in [0.1, 0.15) is 24.5 Å². The first-order valence-corrected chi connectivity index (χ1v) is 7.16. The van der Waals surface area contributed by atoms with Crippen molar-refractivity contribution in [2.24, 2.45) is 0 Å². The molecule has 1 aromatic carbocycles. The van der Waals surface area contributed by atoms with E-state index in [-0.39, 0.29) is 5.78 Å². The first-order chi connectivity index (χ1) is 8.70. The second kappa shape index (κ2) is 6.34. The smallest absolute Gasteiger partial charge is 0.138 e. The molecule has 0 aromatic heterocycles. The highest BCUT2D eigenvalue weighted by Gasteiger charge is 2.18. The fourth-order valence-corrected chi connectivity index (χ4v) is 2.74. The molecule has 1 aliphatic heterocycles. The fourth-order valence-electron chi connectivity index (χ4n) is 2.18. The zero-order valence-corrected chi connectivity index (χ0v) is 12.2. The number of carbonyl (C=O) groups is 1. The van der Waals surface area contributed by atoms with Crippen LogP contribution in [-0.2, 0) is 17.6 Å². The Hall–Kier alpha value is -0.870. The number of Topliss-reactive ketones (excluding diaryl/α,β-unsaturated/α-hetero) is 1. The molecule has 2 rings (SSSR count). The van der Waals surface area contributed by atoms with Gasteiger partial charge in [-0.3, -0.25) is 4.79 Å². The third-order valence-corrected chi connectivity index (χ3v) is 3.50. The third kappa shape index (κ3) is 3.33. The van der Waals surface area contributed by atoms with E-state index in [0.717, 1.165) is 41.9 Å². The minimum Gasteiger partial charge on any atom is -0.493 e. The summed E-state index contributed by atoms with van der Waals surface area (Å²) < 4.78 is 6.65. The molecule has 4 heteroatoms. The van der Waals surface area contributed by atoms with Crippen LogP contribution in [0.3, 0.4) is 0 Å². The summed E-state index contributed by atoms with van der Waals surface area (Å²) in [5, 5.41) is 3.17. The van der Waals surface area contributed by atoms with E-state index in [9.17, 15) is 4.79 Å². The molecule has 0 aliphatic carbocycles. The van der Waals surface area contributed by atoms with Crippen molar-refractivity contribution in [1.29, 1.82) is 0 Å². The number of nitrogens with one attached hydrogen (secondary N) is 1. The van der Waals surface area contributed by atoms with Gasteiger partial charge in [-0.05, 0) is 24.2 Å². The van der Waals surface area contributed by atoms with E-state index in [2.05, 4.69) is 27.3 Å². The molecule has 1 aromatic rings. The van der Waals surface area contributed by atoms with Crippen molar-refractivity contribution >= 4 is 21.7 Å². The van der Waals surface area contributed by atoms with Crippen LogP contribution >= 0.6 is 15.9 Å². The van der Waals surface area contributed by atoms with Crippen LogP contribution in [0.5, 0.6) is 5.75 Å². The van der Waals surface area contributed by atoms with Crippen molar-refractivity contribution in [1.82, 2.24) is 5.32 Å². The van der Waals surface area contributed by atoms with Crippen LogP contribution in [0.4, 0.5) is 0 Å². The van der Waals surface area contributed by atoms with E-state index in [1.165, 1.54) is 5.56 Å². The average Bonchev–Trinajstić information content (AvgIpc) is 2.77. The Kier molecular flexibility index (Phi) is 4.78. The largest absolute Gasteiger partial charge is 0.493 e. The number of hydrogen-bond donors (Lipinski definition) is 1. The monoisotopic (exact) mass is 311 g/mol. The highest BCUT2D eigenvalue weighted by Crippen LogP contribution is 2.33. The highest BCUT2D eigenvalue weighted by atomic mass is 79.9. The summed E-state index contributed by atoms with van der Waals surface area (Å²) in [5.74, 6) is 1.18. The lowest BCUT2D eigenvalue weighted by Crippen LogP contribution is -2.18. The van der Waals surface area contributed by atoms with Crippen molar-refractivity contribution in [3.63, 3.8) is 0 Å². The number of rotatable bonds is 6. The van der Waals surface area contributed by atoms with E-state index in [0.29, 0.717) is 12.8 Å². The molecule has 1 heterocycles. The zero-order valence-electron chi connectivity index (χ0n) is 10.6. The molecular formula is C14H18BrNO2. The molecule has 0 amide bonds. The SMILES string of the molecule is CCNCCC(=O)Cc1cc(Br)cc2c1OCC2. The lowest BCUT2D eigenvalue weighted by atomic mass is 10.0. The number of hydrogen-bond acceptors (Lipinski definition) is 3. The van der Waals surface area contributed by atoms with E-state index < -0.39 is 0 Å². The molecule has 3 nitrogen and oxygen atoms in total. The maximum Gasteiger partial charge on any atom is 0.138 e. The lowest BCUT2D eigenvalue weighted by Gasteiger charge is -2.08. The summed E-state index contributed by atoms with van der Waals surface area (Å²) in [7, 11) is 0. The first-order valence-electron chi connectivity index (χ1n) is 6.37. The highest BCUT2D eigenvalue weighted by molar-refractivity contribution is 9.10. The number of ketones is 1. The second-order valence-corrected chi connectivity index (χ2v) is 5.39. The molecule has 0 unspecified atom stereocenters. The molecule has 0 saturated heterocycles. The zero-order chi connectivity index (χ0) is 13.0. The summed E-state index contributed by atoms with van der Waals surface area (Å²) in [4.78, 5) is 11.9. The summed E-state index contributed by atoms with van der Waals surface area (Å²) in [6, 6.07) is 4.07. The molecule has 1 N–H and O–H groups in total. The maximum absolute atomic E-state index is 11.9. The van der Waals surface area contributed by atoms with Gasteiger partial charge in [0.2, 0.25) is 0 Å². The van der Waals surface area contributed by atoms with Crippen LogP contribution in [0.2, 0.25) is 0 Å². The quantitative estimate of drug-likeness (QED) is 0.820. The van der Waals surface area contributed by atoms with E-state index in [1.807, 2.05) is 13.0 Å². The Morgan fingerprint density at radius 1 is 1.50 bits per heavy atom. The number of fused-ring (bicyclic) bond motifs is 1. The van der Waals surface area contributed by atoms with Gasteiger partial charge in [-0.15, -0.1) is 0 Å². The molecule has 0 atom stereocenters. The minimum absolute atomic E-state index is 0.256. The van der Waals surface area contributed by atoms with E-state index >= 15 is 0 Å². The Labute approximate surface area is 116 Å². The van der Waals surface area contributed by atoms with Gasteiger partial charge < -0.3 is 10.1 Å². The van der Waals surface area contributed by atoms with Crippen molar-refractivity contribution in [3.05, 3.63) is 27.7 Å². The Bertz CT molecular complexity index is 446. The molecule has 0 saturated carbocycles. The lowest BCUT2D eigenvalue weighted by molar-refractivity contribution is -0.118. The Morgan fingerprint density at radius 3 is 3.11 bits per heavy atom. The van der Waals surface area contributed by atoms with Gasteiger partial charge in [0.25, 0.3) is 0 Å². The van der Waals surface area contributed by atoms with Gasteiger partial charge in [0.15, 0.2) is 0 Å². The fraction of sp³-hybridized carbons (Fsp3) is 0.500. The molecule has 1 aliphatic rings. The van der Waals surface area contributed by atoms with Crippen LogP contribution < -0.4 is 10.1 Å². The number of carbonyl (C=O) groups excluding carboxylic acids is 1. The third-order valence-electron chi connectivity index (χ3n) is 3.04. The molecule has 18 heavy (non-hydrogen) atoms. The van der Waals surface area contributed by atoms with Gasteiger partial charge >= 0.3 is 0 Å². The summed E-state index contributed by atoms with van der Waals surface area (Å²) in [5.41, 5.74) is 2.22. The van der Waals surface area contributed by atoms with Gasteiger partial charge in [-0.2, -0.15) is 0 Å². The average molecular weight is 312 g/mol. The van der Waals surface area contributed by atoms with Gasteiger partial charge in [0.05, 0.1) is 6.61 Å². The number of ether oxygens (including phenoxy) is 1. The van der Waals surface area contributed by atoms with Crippen molar-refractivity contribution < 1.29 is 9.53 Å². The molecule has 0 spiro atoms. The topological polar surface area (TPSA) is 38.3 Å². The normalized spacial score (nSPS) is 13.2. The van der Waals surface area contributed by atoms with Crippen LogP contribution in [0.15, 0.2) is 16.6 Å². The van der Waals surface area contributed by atoms with Crippen molar-refractivity contribution in [2.45, 2.75) is 26.2 Å². The van der Waals surface area contributed by atoms with Crippen molar-refractivity contribution in [2.75, 3.05) is 19.7 Å². The summed E-state index contributed by atoms with van der Waals surface area (Å²) in [6.07, 6.45) is 1.98. The molecule has 0 radical (unpaired) electrons. The predicted molar refractivity (Wildman–Crippen MR) is 75.2 cm³/mol. The number of halogens is 1. The minimum atomic E-state index is 0.256. The predicted octanol–water partition coefficient (Wildman–Crippen LogP) is 2.50. The Balaban J connectivity index is 2.03.